The summed E-state index contributed by atoms with van der Waals surface area (Å²) in [5, 5.41) is 1.87. The van der Waals surface area contributed by atoms with E-state index in [1.807, 2.05) is 62.4 Å². The Morgan fingerprint density at radius 3 is 2.37 bits per heavy atom. The van der Waals surface area contributed by atoms with Gasteiger partial charge in [-0.2, -0.15) is 8.42 Å². The second-order valence-electron chi connectivity index (χ2n) is 8.36. The second kappa shape index (κ2) is 10.3. The molecule has 0 aliphatic carbocycles. The van der Waals surface area contributed by atoms with E-state index in [-0.39, 0.29) is 29.1 Å². The monoisotopic (exact) mass is 491 g/mol. The van der Waals surface area contributed by atoms with Crippen LogP contribution in [0.15, 0.2) is 95.9 Å². The maximum atomic E-state index is 13.7. The van der Waals surface area contributed by atoms with E-state index >= 15 is 0 Å². The number of hydrogen-bond acceptors (Lipinski definition) is 4. The summed E-state index contributed by atoms with van der Waals surface area (Å²) in [6.45, 7) is 4.29. The number of rotatable bonds is 8. The maximum absolute atomic E-state index is 13.7. The van der Waals surface area contributed by atoms with Crippen LogP contribution in [-0.2, 0) is 16.7 Å². The summed E-state index contributed by atoms with van der Waals surface area (Å²) in [4.78, 5) is 15.3. The average molecular weight is 492 g/mol. The molecule has 1 amide bonds. The van der Waals surface area contributed by atoms with Gasteiger partial charge in [-0.1, -0.05) is 55.5 Å². The SMILES string of the molecule is CCC(C)N(Cc1cccc(OS(=O)(=O)c2ccc(F)cc2)c1)C(=O)c1cccc2ccccc12. The van der Waals surface area contributed by atoms with Gasteiger partial charge in [0.2, 0.25) is 0 Å². The number of carbonyl (C=O) groups is 1. The topological polar surface area (TPSA) is 63.7 Å². The minimum atomic E-state index is -4.13. The van der Waals surface area contributed by atoms with Crippen molar-refractivity contribution in [1.29, 1.82) is 0 Å². The van der Waals surface area contributed by atoms with Crippen LogP contribution in [0.3, 0.4) is 0 Å². The zero-order chi connectivity index (χ0) is 25.0. The van der Waals surface area contributed by atoms with Crippen molar-refractivity contribution < 1.29 is 21.8 Å². The molecule has 0 aromatic heterocycles. The van der Waals surface area contributed by atoms with E-state index in [1.54, 1.807) is 17.0 Å². The summed E-state index contributed by atoms with van der Waals surface area (Å²) in [5.74, 6) is -0.512. The summed E-state index contributed by atoms with van der Waals surface area (Å²) in [5.41, 5.74) is 1.35. The Morgan fingerprint density at radius 1 is 0.943 bits per heavy atom. The highest BCUT2D eigenvalue weighted by Gasteiger charge is 2.23. The van der Waals surface area contributed by atoms with Gasteiger partial charge in [0, 0.05) is 18.2 Å². The van der Waals surface area contributed by atoms with Gasteiger partial charge >= 0.3 is 10.1 Å². The number of amides is 1. The van der Waals surface area contributed by atoms with Gasteiger partial charge in [0.15, 0.2) is 0 Å². The Balaban J connectivity index is 1.61. The predicted octanol–water partition coefficient (Wildman–Crippen LogP) is 6.19. The molecule has 1 unspecified atom stereocenters. The van der Waals surface area contributed by atoms with E-state index in [9.17, 15) is 17.6 Å². The fraction of sp³-hybridized carbons (Fsp3) is 0.179. The molecular weight excluding hydrogens is 465 g/mol. The lowest BCUT2D eigenvalue weighted by atomic mass is 10.0. The van der Waals surface area contributed by atoms with Crippen molar-refractivity contribution >= 4 is 26.8 Å². The van der Waals surface area contributed by atoms with Gasteiger partial charge in [-0.3, -0.25) is 4.79 Å². The Labute approximate surface area is 204 Å². The second-order valence-corrected chi connectivity index (χ2v) is 9.90. The first-order chi connectivity index (χ1) is 16.8. The van der Waals surface area contributed by atoms with E-state index < -0.39 is 15.9 Å². The molecule has 0 fully saturated rings. The van der Waals surface area contributed by atoms with Crippen molar-refractivity contribution in [3.05, 3.63) is 108 Å². The third-order valence-electron chi connectivity index (χ3n) is 5.96. The van der Waals surface area contributed by atoms with Crippen molar-refractivity contribution in [2.24, 2.45) is 0 Å². The molecule has 4 aromatic carbocycles. The van der Waals surface area contributed by atoms with Gasteiger partial charge in [-0.25, -0.2) is 4.39 Å². The predicted molar refractivity (Wildman–Crippen MR) is 134 cm³/mol. The first-order valence-electron chi connectivity index (χ1n) is 11.4. The van der Waals surface area contributed by atoms with Crippen LogP contribution in [-0.4, -0.2) is 25.3 Å². The average Bonchev–Trinajstić information content (AvgIpc) is 2.86. The Hall–Kier alpha value is -3.71. The molecule has 35 heavy (non-hydrogen) atoms. The highest BCUT2D eigenvalue weighted by atomic mass is 32.2. The van der Waals surface area contributed by atoms with Crippen LogP contribution in [0.1, 0.15) is 36.2 Å². The van der Waals surface area contributed by atoms with Gasteiger partial charge in [-0.05, 0) is 72.1 Å². The van der Waals surface area contributed by atoms with E-state index in [1.165, 1.54) is 6.07 Å². The molecule has 0 aliphatic heterocycles. The maximum Gasteiger partial charge on any atom is 0.339 e. The summed E-state index contributed by atoms with van der Waals surface area (Å²) in [6.07, 6.45) is 0.756. The first kappa shape index (κ1) is 24.4. The Kier molecular flexibility index (Phi) is 7.17. The molecule has 7 heteroatoms. The highest BCUT2D eigenvalue weighted by molar-refractivity contribution is 7.87. The third kappa shape index (κ3) is 5.52. The lowest BCUT2D eigenvalue weighted by Gasteiger charge is -2.29. The largest absolute Gasteiger partial charge is 0.379 e. The number of benzene rings is 4. The molecule has 180 valence electrons. The molecule has 0 saturated heterocycles. The van der Waals surface area contributed by atoms with E-state index in [0.29, 0.717) is 5.56 Å². The smallest absolute Gasteiger partial charge is 0.339 e. The molecular formula is C28H26FNO4S. The molecule has 4 rings (SSSR count). The summed E-state index contributed by atoms with van der Waals surface area (Å²) in [6, 6.07) is 24.5. The Bertz CT molecular complexity index is 1450. The minimum Gasteiger partial charge on any atom is -0.379 e. The van der Waals surface area contributed by atoms with Crippen LogP contribution in [0.4, 0.5) is 4.39 Å². The van der Waals surface area contributed by atoms with Crippen molar-refractivity contribution in [2.75, 3.05) is 0 Å². The zero-order valence-corrected chi connectivity index (χ0v) is 20.3. The van der Waals surface area contributed by atoms with E-state index in [0.717, 1.165) is 47.0 Å². The summed E-state index contributed by atoms with van der Waals surface area (Å²) >= 11 is 0. The number of nitrogens with zero attached hydrogens (tertiary/aromatic N) is 1. The molecule has 0 N–H and O–H groups in total. The Morgan fingerprint density at radius 2 is 1.63 bits per heavy atom. The first-order valence-corrected chi connectivity index (χ1v) is 12.8. The van der Waals surface area contributed by atoms with Crippen LogP contribution in [0.25, 0.3) is 10.8 Å². The van der Waals surface area contributed by atoms with Crippen LogP contribution in [0, 0.1) is 5.82 Å². The zero-order valence-electron chi connectivity index (χ0n) is 19.5. The van der Waals surface area contributed by atoms with Crippen LogP contribution >= 0.6 is 0 Å². The molecule has 0 saturated carbocycles. The lowest BCUT2D eigenvalue weighted by molar-refractivity contribution is 0.0673. The molecule has 1 atom stereocenters. The molecule has 0 heterocycles. The normalized spacial score (nSPS) is 12.3. The minimum absolute atomic E-state index is 0.0472. The van der Waals surface area contributed by atoms with Crippen LogP contribution in [0.2, 0.25) is 0 Å². The third-order valence-corrected chi connectivity index (χ3v) is 7.22. The highest BCUT2D eigenvalue weighted by Crippen LogP contribution is 2.25. The van der Waals surface area contributed by atoms with Gasteiger partial charge in [0.25, 0.3) is 5.91 Å². The van der Waals surface area contributed by atoms with Crippen molar-refractivity contribution in [1.82, 2.24) is 4.90 Å². The van der Waals surface area contributed by atoms with Gasteiger partial charge < -0.3 is 9.08 Å². The van der Waals surface area contributed by atoms with E-state index in [4.69, 9.17) is 4.18 Å². The van der Waals surface area contributed by atoms with Crippen molar-refractivity contribution in [3.8, 4) is 5.75 Å². The molecule has 0 spiro atoms. The van der Waals surface area contributed by atoms with Crippen LogP contribution < -0.4 is 4.18 Å². The molecule has 4 aromatic rings. The molecule has 0 radical (unpaired) electrons. The molecule has 5 nitrogen and oxygen atoms in total. The van der Waals surface area contributed by atoms with Gasteiger partial charge in [0.1, 0.15) is 16.5 Å². The standard InChI is InChI=1S/C28H26FNO4S/c1-3-20(2)30(28(31)27-13-7-10-22-9-4-5-12-26(22)27)19-21-8-6-11-24(18-21)34-35(32,33)25-16-14-23(29)15-17-25/h4-18,20H,3,19H2,1-2H3. The van der Waals surface area contributed by atoms with E-state index in [2.05, 4.69) is 0 Å². The number of hydrogen-bond donors (Lipinski definition) is 0. The number of carbonyl (C=O) groups excluding carboxylic acids is 1. The van der Waals surface area contributed by atoms with Gasteiger partial charge in [0.05, 0.1) is 0 Å². The summed E-state index contributed by atoms with van der Waals surface area (Å²) < 4.78 is 43.7. The number of fused-ring (bicyclic) bond motifs is 1. The van der Waals surface area contributed by atoms with Crippen LogP contribution in [0.5, 0.6) is 5.75 Å². The molecule has 0 bridgehead atoms. The van der Waals surface area contributed by atoms with Gasteiger partial charge in [-0.15, -0.1) is 0 Å². The van der Waals surface area contributed by atoms with Crippen molar-refractivity contribution in [2.45, 2.75) is 37.8 Å². The quantitative estimate of drug-likeness (QED) is 0.276. The fourth-order valence-electron chi connectivity index (χ4n) is 3.88. The fourth-order valence-corrected chi connectivity index (χ4v) is 4.81. The lowest BCUT2D eigenvalue weighted by Crippen LogP contribution is -2.37. The molecule has 0 aliphatic rings. The summed E-state index contributed by atoms with van der Waals surface area (Å²) in [7, 11) is -4.13. The van der Waals surface area contributed by atoms with Crippen molar-refractivity contribution in [3.63, 3.8) is 0 Å². The number of halogens is 1.